The van der Waals surface area contributed by atoms with Crippen molar-refractivity contribution in [2.75, 3.05) is 0 Å². The smallest absolute Gasteiger partial charge is 0.233 e. The summed E-state index contributed by atoms with van der Waals surface area (Å²) in [6.45, 7) is 8.10. The SMILES string of the molecule is CCC(C)(C(=O)NC1CCC(C)(C)CC1)C(N)=NO. The molecule has 4 N–H and O–H groups in total. The first kappa shape index (κ1) is 15.8. The highest BCUT2D eigenvalue weighted by atomic mass is 16.4. The molecule has 0 aromatic heterocycles. The van der Waals surface area contributed by atoms with Crippen molar-refractivity contribution in [2.45, 2.75) is 65.8 Å². The van der Waals surface area contributed by atoms with E-state index in [0.717, 1.165) is 25.7 Å². The maximum Gasteiger partial charge on any atom is 0.233 e. The van der Waals surface area contributed by atoms with E-state index in [2.05, 4.69) is 24.3 Å². The van der Waals surface area contributed by atoms with E-state index in [9.17, 15) is 4.79 Å². The topological polar surface area (TPSA) is 87.7 Å². The summed E-state index contributed by atoms with van der Waals surface area (Å²) in [5.41, 5.74) is 5.10. The van der Waals surface area contributed by atoms with Gasteiger partial charge in [-0.3, -0.25) is 4.79 Å². The molecule has 0 aromatic rings. The summed E-state index contributed by atoms with van der Waals surface area (Å²) in [5, 5.41) is 14.9. The quantitative estimate of drug-likeness (QED) is 0.316. The minimum absolute atomic E-state index is 0.0244. The van der Waals surface area contributed by atoms with Gasteiger partial charge in [-0.1, -0.05) is 25.9 Å². The minimum atomic E-state index is -0.929. The second kappa shape index (κ2) is 5.80. The highest BCUT2D eigenvalue weighted by Crippen LogP contribution is 2.35. The summed E-state index contributed by atoms with van der Waals surface area (Å²) in [6, 6.07) is 0.206. The second-order valence-corrected chi connectivity index (χ2v) is 6.58. The number of carbonyl (C=O) groups is 1. The average Bonchev–Trinajstić information content (AvgIpc) is 2.39. The maximum absolute atomic E-state index is 12.3. The van der Waals surface area contributed by atoms with Crippen molar-refractivity contribution in [2.24, 2.45) is 21.7 Å². The third kappa shape index (κ3) is 3.61. The van der Waals surface area contributed by atoms with Gasteiger partial charge in [0, 0.05) is 6.04 Å². The van der Waals surface area contributed by atoms with Crippen molar-refractivity contribution in [1.82, 2.24) is 5.32 Å². The Labute approximate surface area is 115 Å². The first-order valence-corrected chi connectivity index (χ1v) is 7.04. The molecule has 0 saturated heterocycles. The van der Waals surface area contributed by atoms with Crippen LogP contribution in [0.5, 0.6) is 0 Å². The van der Waals surface area contributed by atoms with Crippen LogP contribution in [0.3, 0.4) is 0 Å². The zero-order valence-corrected chi connectivity index (χ0v) is 12.5. The van der Waals surface area contributed by atoms with E-state index in [1.165, 1.54) is 0 Å². The third-order valence-electron chi connectivity index (χ3n) is 4.56. The molecule has 110 valence electrons. The zero-order valence-electron chi connectivity index (χ0n) is 12.5. The molecule has 0 aliphatic heterocycles. The van der Waals surface area contributed by atoms with E-state index < -0.39 is 5.41 Å². The first-order chi connectivity index (χ1) is 8.75. The third-order valence-corrected chi connectivity index (χ3v) is 4.56. The molecule has 0 aromatic carbocycles. The Morgan fingerprint density at radius 1 is 1.47 bits per heavy atom. The summed E-state index contributed by atoms with van der Waals surface area (Å²) in [5.74, 6) is -0.168. The van der Waals surface area contributed by atoms with Gasteiger partial charge in [-0.15, -0.1) is 0 Å². The van der Waals surface area contributed by atoms with Gasteiger partial charge >= 0.3 is 0 Å². The number of hydrogen-bond donors (Lipinski definition) is 3. The van der Waals surface area contributed by atoms with Gasteiger partial charge < -0.3 is 16.3 Å². The number of hydrogen-bond acceptors (Lipinski definition) is 3. The summed E-state index contributed by atoms with van der Waals surface area (Å²) >= 11 is 0. The van der Waals surface area contributed by atoms with Crippen molar-refractivity contribution in [3.63, 3.8) is 0 Å². The van der Waals surface area contributed by atoms with Crippen molar-refractivity contribution >= 4 is 11.7 Å². The molecule has 1 fully saturated rings. The Bertz CT molecular complexity index is 356. The predicted octanol–water partition coefficient (Wildman–Crippen LogP) is 2.23. The molecule has 0 heterocycles. The fourth-order valence-corrected chi connectivity index (χ4v) is 2.46. The predicted molar refractivity (Wildman–Crippen MR) is 76.0 cm³/mol. The molecule has 1 atom stereocenters. The van der Waals surface area contributed by atoms with Crippen molar-refractivity contribution < 1.29 is 10.0 Å². The van der Waals surface area contributed by atoms with Crippen LogP contribution >= 0.6 is 0 Å². The van der Waals surface area contributed by atoms with Gasteiger partial charge in [0.2, 0.25) is 5.91 Å². The van der Waals surface area contributed by atoms with Crippen LogP contribution in [0.15, 0.2) is 5.16 Å². The standard InChI is InChI=1S/C14H27N3O2/c1-5-14(4,11(15)17-19)12(18)16-10-6-8-13(2,3)9-7-10/h10,19H,5-9H2,1-4H3,(H2,15,17)(H,16,18). The lowest BCUT2D eigenvalue weighted by atomic mass is 9.75. The summed E-state index contributed by atoms with van der Waals surface area (Å²) in [4.78, 5) is 12.3. The van der Waals surface area contributed by atoms with Gasteiger partial charge in [0.25, 0.3) is 0 Å². The van der Waals surface area contributed by atoms with Crippen molar-refractivity contribution in [1.29, 1.82) is 0 Å². The number of oxime groups is 1. The molecule has 19 heavy (non-hydrogen) atoms. The monoisotopic (exact) mass is 269 g/mol. The maximum atomic E-state index is 12.3. The van der Waals surface area contributed by atoms with Gasteiger partial charge in [0.1, 0.15) is 5.41 Å². The second-order valence-electron chi connectivity index (χ2n) is 6.58. The number of nitrogens with two attached hydrogens (primary N) is 1. The number of amidine groups is 1. The first-order valence-electron chi connectivity index (χ1n) is 7.04. The average molecular weight is 269 g/mol. The van der Waals surface area contributed by atoms with Crippen molar-refractivity contribution in [3.05, 3.63) is 0 Å². The van der Waals surface area contributed by atoms with E-state index in [-0.39, 0.29) is 17.8 Å². The van der Waals surface area contributed by atoms with E-state index in [0.29, 0.717) is 11.8 Å². The molecule has 1 aliphatic carbocycles. The van der Waals surface area contributed by atoms with Crippen LogP contribution in [-0.4, -0.2) is 23.0 Å². The summed E-state index contributed by atoms with van der Waals surface area (Å²) < 4.78 is 0. The molecule has 5 nitrogen and oxygen atoms in total. The molecular formula is C14H27N3O2. The van der Waals surface area contributed by atoms with Crippen LogP contribution in [0.1, 0.15) is 59.8 Å². The fraction of sp³-hybridized carbons (Fsp3) is 0.857. The molecule has 1 unspecified atom stereocenters. The molecule has 1 amide bonds. The Hall–Kier alpha value is -1.26. The number of nitrogens with zero attached hydrogens (tertiary/aromatic N) is 1. The lowest BCUT2D eigenvalue weighted by Crippen LogP contribution is -2.51. The zero-order chi connectivity index (χ0) is 14.7. The summed E-state index contributed by atoms with van der Waals surface area (Å²) in [6.07, 6.45) is 4.73. The fourth-order valence-electron chi connectivity index (χ4n) is 2.46. The molecule has 1 aliphatic rings. The van der Waals surface area contributed by atoms with Crippen LogP contribution in [-0.2, 0) is 4.79 Å². The Kier molecular flexibility index (Phi) is 4.82. The van der Waals surface area contributed by atoms with E-state index in [1.807, 2.05) is 6.92 Å². The normalized spacial score (nSPS) is 23.7. The Morgan fingerprint density at radius 3 is 2.42 bits per heavy atom. The molecule has 1 rings (SSSR count). The Morgan fingerprint density at radius 2 is 2.00 bits per heavy atom. The molecular weight excluding hydrogens is 242 g/mol. The van der Waals surface area contributed by atoms with Gasteiger partial charge in [-0.2, -0.15) is 0 Å². The Balaban J connectivity index is 2.65. The molecule has 0 spiro atoms. The van der Waals surface area contributed by atoms with Crippen LogP contribution < -0.4 is 11.1 Å². The lowest BCUT2D eigenvalue weighted by molar-refractivity contribution is -0.128. The minimum Gasteiger partial charge on any atom is -0.409 e. The number of nitrogens with one attached hydrogen (secondary N) is 1. The largest absolute Gasteiger partial charge is 0.409 e. The van der Waals surface area contributed by atoms with E-state index >= 15 is 0 Å². The van der Waals surface area contributed by atoms with E-state index in [4.69, 9.17) is 10.9 Å². The van der Waals surface area contributed by atoms with E-state index in [1.54, 1.807) is 6.92 Å². The van der Waals surface area contributed by atoms with Gasteiger partial charge in [0.05, 0.1) is 0 Å². The van der Waals surface area contributed by atoms with Crippen molar-refractivity contribution in [3.8, 4) is 0 Å². The molecule has 0 bridgehead atoms. The number of amides is 1. The molecule has 5 heteroatoms. The summed E-state index contributed by atoms with van der Waals surface area (Å²) in [7, 11) is 0. The van der Waals surface area contributed by atoms with Crippen LogP contribution in [0.2, 0.25) is 0 Å². The molecule has 0 radical (unpaired) electrons. The highest BCUT2D eigenvalue weighted by Gasteiger charge is 2.38. The van der Waals surface area contributed by atoms with Crippen LogP contribution in [0.4, 0.5) is 0 Å². The van der Waals surface area contributed by atoms with Gasteiger partial charge in [0.15, 0.2) is 5.84 Å². The van der Waals surface area contributed by atoms with Crippen LogP contribution in [0.25, 0.3) is 0 Å². The van der Waals surface area contributed by atoms with Crippen LogP contribution in [0, 0.1) is 10.8 Å². The number of carbonyl (C=O) groups excluding carboxylic acids is 1. The molecule has 1 saturated carbocycles. The van der Waals surface area contributed by atoms with Gasteiger partial charge in [-0.05, 0) is 44.4 Å². The highest BCUT2D eigenvalue weighted by molar-refractivity contribution is 6.06. The lowest BCUT2D eigenvalue weighted by Gasteiger charge is -2.36. The van der Waals surface area contributed by atoms with Gasteiger partial charge in [-0.25, -0.2) is 0 Å². The number of rotatable bonds is 4.